The smallest absolute Gasteiger partial charge is 0.254 e. The fourth-order valence-corrected chi connectivity index (χ4v) is 4.20. The van der Waals surface area contributed by atoms with Gasteiger partial charge in [-0.3, -0.25) is 0 Å². The molecule has 0 saturated carbocycles. The molecule has 0 N–H and O–H groups in total. The second-order valence-electron chi connectivity index (χ2n) is 7.86. The van der Waals surface area contributed by atoms with Crippen molar-refractivity contribution in [1.82, 2.24) is 19.6 Å². The minimum Gasteiger partial charge on any atom is -0.495 e. The number of para-hydroxylation sites is 2. The molecule has 2 aromatic carbocycles. The number of fused-ring (bicyclic) bond motifs is 1. The molecule has 31 heavy (non-hydrogen) atoms. The van der Waals surface area contributed by atoms with Gasteiger partial charge in [0.25, 0.3) is 5.78 Å². The van der Waals surface area contributed by atoms with E-state index >= 15 is 0 Å². The molecule has 7 nitrogen and oxygen atoms in total. The van der Waals surface area contributed by atoms with Crippen molar-refractivity contribution in [1.29, 1.82) is 0 Å². The highest BCUT2D eigenvalue weighted by Crippen LogP contribution is 2.30. The monoisotopic (exact) mass is 414 g/mol. The van der Waals surface area contributed by atoms with Crippen molar-refractivity contribution in [3.8, 4) is 17.1 Å². The molecule has 3 heterocycles. The average molecular weight is 415 g/mol. The Morgan fingerprint density at radius 3 is 2.32 bits per heavy atom. The van der Waals surface area contributed by atoms with Crippen LogP contribution in [0, 0.1) is 13.8 Å². The number of rotatable bonds is 4. The first-order valence-electron chi connectivity index (χ1n) is 10.6. The highest BCUT2D eigenvalue weighted by Gasteiger charge is 2.23. The van der Waals surface area contributed by atoms with Crippen LogP contribution in [0.4, 0.5) is 11.5 Å². The molecule has 0 unspecified atom stereocenters. The van der Waals surface area contributed by atoms with Gasteiger partial charge in [-0.05, 0) is 31.5 Å². The Balaban J connectivity index is 1.45. The maximum Gasteiger partial charge on any atom is 0.254 e. The topological polar surface area (TPSA) is 58.8 Å². The fraction of sp³-hybridized carbons (Fsp3) is 0.292. The summed E-state index contributed by atoms with van der Waals surface area (Å²) in [6.45, 7) is 7.67. The van der Waals surface area contributed by atoms with Gasteiger partial charge in [0.2, 0.25) is 0 Å². The van der Waals surface area contributed by atoms with Gasteiger partial charge < -0.3 is 14.5 Å². The third kappa shape index (κ3) is 3.56. The van der Waals surface area contributed by atoms with E-state index in [-0.39, 0.29) is 0 Å². The van der Waals surface area contributed by atoms with Gasteiger partial charge >= 0.3 is 0 Å². The fourth-order valence-electron chi connectivity index (χ4n) is 4.20. The van der Waals surface area contributed by atoms with E-state index in [0.29, 0.717) is 11.6 Å². The van der Waals surface area contributed by atoms with Gasteiger partial charge in [0.05, 0.1) is 12.8 Å². The van der Waals surface area contributed by atoms with Crippen molar-refractivity contribution in [3.05, 3.63) is 65.9 Å². The molecule has 1 fully saturated rings. The van der Waals surface area contributed by atoms with Gasteiger partial charge in [0.15, 0.2) is 5.82 Å². The summed E-state index contributed by atoms with van der Waals surface area (Å²) in [7, 11) is 1.72. The first-order valence-corrected chi connectivity index (χ1v) is 10.6. The lowest BCUT2D eigenvalue weighted by atomic mass is 10.1. The Hall–Kier alpha value is -3.61. The van der Waals surface area contributed by atoms with Crippen LogP contribution in [0.15, 0.2) is 54.6 Å². The molecular weight excluding hydrogens is 388 g/mol. The molecule has 0 atom stereocenters. The van der Waals surface area contributed by atoms with Crippen molar-refractivity contribution in [3.63, 3.8) is 0 Å². The molecule has 0 radical (unpaired) electrons. The SMILES string of the molecule is COc1ccccc1N1CCN(c2cc(C)nc3nc(-c4ccccc4C)nn23)CC1. The van der Waals surface area contributed by atoms with Crippen LogP contribution in [-0.2, 0) is 0 Å². The highest BCUT2D eigenvalue weighted by atomic mass is 16.5. The second-order valence-corrected chi connectivity index (χ2v) is 7.86. The summed E-state index contributed by atoms with van der Waals surface area (Å²) in [6, 6.07) is 18.5. The number of anilines is 2. The lowest BCUT2D eigenvalue weighted by Crippen LogP contribution is -2.47. The maximum atomic E-state index is 5.55. The first-order chi connectivity index (χ1) is 15.1. The van der Waals surface area contributed by atoms with Crippen molar-refractivity contribution in [2.24, 2.45) is 0 Å². The Labute approximate surface area is 181 Å². The van der Waals surface area contributed by atoms with E-state index in [2.05, 4.69) is 52.0 Å². The lowest BCUT2D eigenvalue weighted by Gasteiger charge is -2.37. The molecule has 0 spiro atoms. The van der Waals surface area contributed by atoms with Crippen LogP contribution in [0.5, 0.6) is 5.75 Å². The zero-order valence-corrected chi connectivity index (χ0v) is 18.1. The molecule has 1 aliphatic heterocycles. The maximum absolute atomic E-state index is 5.55. The number of aromatic nitrogens is 4. The van der Waals surface area contributed by atoms with Crippen molar-refractivity contribution >= 4 is 17.3 Å². The number of benzene rings is 2. The standard InChI is InChI=1S/C24H26N6O/c1-17-8-4-5-9-19(17)23-26-24-25-18(2)16-22(30(24)27-23)29-14-12-28(13-15-29)20-10-6-7-11-21(20)31-3/h4-11,16H,12-15H2,1-3H3. The van der Waals surface area contributed by atoms with E-state index in [9.17, 15) is 0 Å². The third-order valence-corrected chi connectivity index (χ3v) is 5.84. The zero-order valence-electron chi connectivity index (χ0n) is 18.1. The van der Waals surface area contributed by atoms with Crippen molar-refractivity contribution in [2.75, 3.05) is 43.1 Å². The van der Waals surface area contributed by atoms with Gasteiger partial charge in [0.1, 0.15) is 11.6 Å². The number of piperazine rings is 1. The van der Waals surface area contributed by atoms with Gasteiger partial charge in [-0.15, -0.1) is 5.10 Å². The molecule has 0 amide bonds. The molecule has 7 heteroatoms. The summed E-state index contributed by atoms with van der Waals surface area (Å²) in [6.07, 6.45) is 0. The summed E-state index contributed by atoms with van der Waals surface area (Å²) in [5.74, 6) is 3.30. The van der Waals surface area contributed by atoms with Crippen LogP contribution in [-0.4, -0.2) is 52.9 Å². The Morgan fingerprint density at radius 2 is 1.55 bits per heavy atom. The van der Waals surface area contributed by atoms with Crippen molar-refractivity contribution in [2.45, 2.75) is 13.8 Å². The number of methoxy groups -OCH3 is 1. The minimum atomic E-state index is 0.639. The second kappa shape index (κ2) is 7.91. The van der Waals surface area contributed by atoms with E-state index in [0.717, 1.165) is 60.3 Å². The van der Waals surface area contributed by atoms with Crippen LogP contribution >= 0.6 is 0 Å². The van der Waals surface area contributed by atoms with Gasteiger partial charge in [-0.1, -0.05) is 36.4 Å². The normalized spacial score (nSPS) is 14.3. The van der Waals surface area contributed by atoms with E-state index in [1.807, 2.05) is 35.7 Å². The van der Waals surface area contributed by atoms with Crippen molar-refractivity contribution < 1.29 is 4.74 Å². The van der Waals surface area contributed by atoms with Crippen LogP contribution in [0.3, 0.4) is 0 Å². The number of aryl methyl sites for hydroxylation is 2. The van der Waals surface area contributed by atoms with Crippen LogP contribution in [0.25, 0.3) is 17.2 Å². The predicted molar refractivity (Wildman–Crippen MR) is 123 cm³/mol. The molecule has 5 rings (SSSR count). The third-order valence-electron chi connectivity index (χ3n) is 5.84. The quantitative estimate of drug-likeness (QED) is 0.507. The summed E-state index contributed by atoms with van der Waals surface area (Å²) >= 11 is 0. The molecule has 2 aromatic heterocycles. The predicted octanol–water partition coefficient (Wildman–Crippen LogP) is 3.74. The number of hydrogen-bond donors (Lipinski definition) is 0. The molecule has 0 bridgehead atoms. The molecule has 4 aromatic rings. The minimum absolute atomic E-state index is 0.639. The largest absolute Gasteiger partial charge is 0.495 e. The van der Waals surface area contributed by atoms with Crippen LogP contribution in [0.2, 0.25) is 0 Å². The first kappa shape index (κ1) is 19.4. The molecule has 0 aliphatic carbocycles. The Morgan fingerprint density at radius 1 is 0.839 bits per heavy atom. The van der Waals surface area contributed by atoms with E-state index in [4.69, 9.17) is 14.8 Å². The van der Waals surface area contributed by atoms with Crippen LogP contribution in [0.1, 0.15) is 11.3 Å². The summed E-state index contributed by atoms with van der Waals surface area (Å²) in [5.41, 5.74) is 4.28. The molecule has 158 valence electrons. The van der Waals surface area contributed by atoms with E-state index in [1.165, 1.54) is 0 Å². The van der Waals surface area contributed by atoms with Gasteiger partial charge in [0, 0.05) is 43.5 Å². The molecule has 1 aliphatic rings. The average Bonchev–Trinajstić information content (AvgIpc) is 3.22. The van der Waals surface area contributed by atoms with Gasteiger partial charge in [-0.25, -0.2) is 4.98 Å². The van der Waals surface area contributed by atoms with Gasteiger partial charge in [-0.2, -0.15) is 9.50 Å². The zero-order chi connectivity index (χ0) is 21.4. The summed E-state index contributed by atoms with van der Waals surface area (Å²) < 4.78 is 7.43. The number of hydrogen-bond acceptors (Lipinski definition) is 6. The molecule has 1 saturated heterocycles. The van der Waals surface area contributed by atoms with E-state index < -0.39 is 0 Å². The van der Waals surface area contributed by atoms with Crippen LogP contribution < -0.4 is 14.5 Å². The Kier molecular flexibility index (Phi) is 4.94. The number of ether oxygens (including phenoxy) is 1. The Bertz CT molecular complexity index is 1230. The van der Waals surface area contributed by atoms with E-state index in [1.54, 1.807) is 7.11 Å². The highest BCUT2D eigenvalue weighted by molar-refractivity contribution is 5.63. The number of nitrogens with zero attached hydrogens (tertiary/aromatic N) is 6. The summed E-state index contributed by atoms with van der Waals surface area (Å²) in [4.78, 5) is 14.1. The lowest BCUT2D eigenvalue weighted by molar-refractivity contribution is 0.413. The summed E-state index contributed by atoms with van der Waals surface area (Å²) in [5, 5.41) is 4.83. The molecular formula is C24H26N6O.